The minimum atomic E-state index is -1.82. The van der Waals surface area contributed by atoms with Gasteiger partial charge in [-0.15, -0.1) is 0 Å². The molecule has 39 heavy (non-hydrogen) atoms. The Morgan fingerprint density at radius 2 is 0.744 bits per heavy atom. The molecule has 0 aromatic rings. The molecular weight excluding hydrogens is 517 g/mol. The average molecular weight is 585 g/mol. The molecule has 232 valence electrons. The summed E-state index contributed by atoms with van der Waals surface area (Å²) >= 11 is 0. The molecule has 6 heteroatoms. The highest BCUT2D eigenvalue weighted by Crippen LogP contribution is 2.32. The molecule has 0 aliphatic rings. The number of hydrogen-bond donors (Lipinski definition) is 0. The highest BCUT2D eigenvalue weighted by molar-refractivity contribution is 6.80. The van der Waals surface area contributed by atoms with Gasteiger partial charge in [0, 0.05) is 0 Å². The van der Waals surface area contributed by atoms with E-state index in [9.17, 15) is 9.59 Å². The summed E-state index contributed by atoms with van der Waals surface area (Å²) in [6.07, 6.45) is 20.6. The molecule has 4 nitrogen and oxygen atoms in total. The van der Waals surface area contributed by atoms with Crippen molar-refractivity contribution in [2.24, 2.45) is 0 Å². The molecule has 0 aliphatic carbocycles. The number of carbonyl (C=O) groups is 2. The topological polar surface area (TPSA) is 52.6 Å². The summed E-state index contributed by atoms with van der Waals surface area (Å²) in [5.41, 5.74) is 0. The van der Waals surface area contributed by atoms with Crippen molar-refractivity contribution in [3.05, 3.63) is 0 Å². The number of carbonyl (C=O) groups excluding carboxylic acids is 2. The Labute approximate surface area is 246 Å². The lowest BCUT2D eigenvalue weighted by molar-refractivity contribution is -0.162. The van der Waals surface area contributed by atoms with E-state index in [0.29, 0.717) is 0 Å². The van der Waals surface area contributed by atoms with Gasteiger partial charge in [0.25, 0.3) is 0 Å². The van der Waals surface area contributed by atoms with Crippen molar-refractivity contribution < 1.29 is 19.1 Å². The lowest BCUT2D eigenvalue weighted by atomic mass is 10.1. The van der Waals surface area contributed by atoms with Crippen LogP contribution in [0.1, 0.15) is 151 Å². The maximum atomic E-state index is 12.8. The molecule has 0 rings (SSSR count). The summed E-state index contributed by atoms with van der Waals surface area (Å²) < 4.78 is 11.9. The fourth-order valence-electron chi connectivity index (χ4n) is 5.04. The van der Waals surface area contributed by atoms with Gasteiger partial charge in [-0.2, -0.15) is 0 Å². The van der Waals surface area contributed by atoms with E-state index in [1.165, 1.54) is 103 Å². The molecule has 0 atom stereocenters. The molecule has 0 saturated carbocycles. The molecule has 0 spiro atoms. The van der Waals surface area contributed by atoms with Crippen LogP contribution in [-0.4, -0.2) is 38.5 Å². The third-order valence-electron chi connectivity index (χ3n) is 9.60. The Morgan fingerprint density at radius 3 is 1.03 bits per heavy atom. The monoisotopic (exact) mass is 584 g/mol. The molecule has 0 heterocycles. The fraction of sp³-hybridized carbons (Fsp3) is 0.939. The summed E-state index contributed by atoms with van der Waals surface area (Å²) in [6.45, 7) is 21.9. The van der Waals surface area contributed by atoms with Gasteiger partial charge >= 0.3 is 11.9 Å². The number of rotatable bonds is 24. The van der Waals surface area contributed by atoms with Crippen molar-refractivity contribution in [3.8, 4) is 0 Å². The van der Waals surface area contributed by atoms with Gasteiger partial charge in [-0.3, -0.25) is 9.59 Å². The summed E-state index contributed by atoms with van der Waals surface area (Å²) in [6, 6.07) is 2.27. The predicted molar refractivity (Wildman–Crippen MR) is 175 cm³/mol. The molecule has 0 saturated heterocycles. The van der Waals surface area contributed by atoms with Gasteiger partial charge in [-0.05, 0) is 27.7 Å². The van der Waals surface area contributed by atoms with Crippen LogP contribution < -0.4 is 0 Å². The third-order valence-corrected chi connectivity index (χ3v) is 19.5. The van der Waals surface area contributed by atoms with Crippen LogP contribution in [0.4, 0.5) is 0 Å². The number of esters is 2. The van der Waals surface area contributed by atoms with E-state index in [0.717, 1.165) is 12.1 Å². The molecule has 0 bridgehead atoms. The molecule has 0 aromatic carbocycles. The van der Waals surface area contributed by atoms with Crippen molar-refractivity contribution in [3.63, 3.8) is 0 Å². The van der Waals surface area contributed by atoms with E-state index >= 15 is 0 Å². The molecule has 0 amide bonds. The van der Waals surface area contributed by atoms with Gasteiger partial charge in [0.2, 0.25) is 0 Å². The number of ether oxygens (including phenoxy) is 2. The van der Waals surface area contributed by atoms with E-state index in [1.54, 1.807) is 0 Å². The summed E-state index contributed by atoms with van der Waals surface area (Å²) in [4.78, 5) is 25.6. The molecule has 0 N–H and O–H groups in total. The number of hydrogen-bond acceptors (Lipinski definition) is 4. The van der Waals surface area contributed by atoms with Crippen molar-refractivity contribution >= 4 is 28.1 Å². The normalized spacial score (nSPS) is 13.0. The van der Waals surface area contributed by atoms with Crippen LogP contribution in [0.3, 0.4) is 0 Å². The Morgan fingerprint density at radius 1 is 0.487 bits per heavy atom. The third kappa shape index (κ3) is 16.4. The number of unbranched alkanes of at least 4 members (excludes halogenated alkanes) is 14. The predicted octanol–water partition coefficient (Wildman–Crippen LogP) is 10.8. The Bertz CT molecular complexity index is 615. The first-order chi connectivity index (χ1) is 18.1. The first-order valence-electron chi connectivity index (χ1n) is 16.6. The smallest absolute Gasteiger partial charge is 0.317 e. The first-order valence-corrected chi connectivity index (χ1v) is 23.0. The van der Waals surface area contributed by atoms with Crippen molar-refractivity contribution in [1.29, 1.82) is 0 Å². The molecule has 0 fully saturated rings. The van der Waals surface area contributed by atoms with Gasteiger partial charge < -0.3 is 9.47 Å². The Hall–Kier alpha value is -0.626. The van der Waals surface area contributed by atoms with Crippen molar-refractivity contribution in [1.82, 2.24) is 0 Å². The van der Waals surface area contributed by atoms with Gasteiger partial charge in [0.05, 0.1) is 26.6 Å². The molecule has 0 aliphatic heterocycles. The van der Waals surface area contributed by atoms with E-state index in [1.807, 2.05) is 27.7 Å². The van der Waals surface area contributed by atoms with E-state index < -0.39 is 38.5 Å². The van der Waals surface area contributed by atoms with Gasteiger partial charge in [0.1, 0.15) is 6.42 Å². The average Bonchev–Trinajstić information content (AvgIpc) is 2.81. The second kappa shape index (κ2) is 19.5. The van der Waals surface area contributed by atoms with Gasteiger partial charge in [-0.25, -0.2) is 0 Å². The van der Waals surface area contributed by atoms with Crippen LogP contribution >= 0.6 is 0 Å². The van der Waals surface area contributed by atoms with E-state index in [-0.39, 0.29) is 6.42 Å². The van der Waals surface area contributed by atoms with Crippen LogP contribution in [0, 0.1) is 0 Å². The minimum Gasteiger partial charge on any atom is -0.463 e. The second-order valence-corrected chi connectivity index (χ2v) is 25.3. The second-order valence-electron chi connectivity index (χ2n) is 14.4. The maximum absolute atomic E-state index is 12.8. The zero-order valence-corrected chi connectivity index (χ0v) is 30.1. The minimum absolute atomic E-state index is 0.294. The highest BCUT2D eigenvalue weighted by Gasteiger charge is 2.44. The van der Waals surface area contributed by atoms with Crippen LogP contribution in [0.2, 0.25) is 38.3 Å². The largest absolute Gasteiger partial charge is 0.463 e. The van der Waals surface area contributed by atoms with Crippen molar-refractivity contribution in [2.45, 2.75) is 199 Å². The standard InChI is InChI=1S/C33H68O4Si2/c1-11-13-15-17-19-21-23-25-27-38(7,8)32(3,4)36-30(34)29-31(35)37-33(5,6)39(9,10)28-26-24-22-20-18-16-14-12-2/h11-29H2,1-10H3. The Kier molecular flexibility index (Phi) is 19.2. The highest BCUT2D eigenvalue weighted by atomic mass is 28.3. The zero-order valence-electron chi connectivity index (χ0n) is 28.1. The lowest BCUT2D eigenvalue weighted by Gasteiger charge is -2.40. The summed E-state index contributed by atoms with van der Waals surface area (Å²) in [5, 5.41) is -1.02. The quantitative estimate of drug-likeness (QED) is 0.0490. The van der Waals surface area contributed by atoms with Gasteiger partial charge in [0.15, 0.2) is 0 Å². The van der Waals surface area contributed by atoms with E-state index in [4.69, 9.17) is 9.47 Å². The van der Waals surface area contributed by atoms with E-state index in [2.05, 4.69) is 40.0 Å². The molecule has 0 aromatic heterocycles. The van der Waals surface area contributed by atoms with Gasteiger partial charge in [-0.1, -0.05) is 155 Å². The first kappa shape index (κ1) is 38.4. The SMILES string of the molecule is CCCCCCCCCC[Si](C)(C)C(C)(C)OC(=O)CC(=O)OC(C)(C)[Si](C)(C)CCCCCCCCCC. The molecule has 0 radical (unpaired) electrons. The summed E-state index contributed by atoms with van der Waals surface area (Å²) in [7, 11) is -3.65. The molecule has 0 unspecified atom stereocenters. The van der Waals surface area contributed by atoms with Crippen molar-refractivity contribution in [2.75, 3.05) is 0 Å². The molecular formula is C33H68O4Si2. The zero-order chi connectivity index (χ0) is 30.0. The Balaban J connectivity index is 4.53. The van der Waals surface area contributed by atoms with Crippen LogP contribution in [0.25, 0.3) is 0 Å². The maximum Gasteiger partial charge on any atom is 0.317 e. The van der Waals surface area contributed by atoms with Crippen LogP contribution in [-0.2, 0) is 19.1 Å². The summed E-state index contributed by atoms with van der Waals surface area (Å²) in [5.74, 6) is -0.889. The van der Waals surface area contributed by atoms with Crippen LogP contribution in [0.5, 0.6) is 0 Å². The lowest BCUT2D eigenvalue weighted by Crippen LogP contribution is -2.54. The van der Waals surface area contributed by atoms with Crippen LogP contribution in [0.15, 0.2) is 0 Å². The fourth-order valence-corrected chi connectivity index (χ4v) is 9.29.